The maximum Gasteiger partial charge on any atom is 0.451 e. The van der Waals surface area contributed by atoms with E-state index in [0.717, 1.165) is 0 Å². The van der Waals surface area contributed by atoms with Gasteiger partial charge in [-0.05, 0) is 12.8 Å². The van der Waals surface area contributed by atoms with Crippen LogP contribution in [-0.2, 0) is 17.4 Å². The van der Waals surface area contributed by atoms with Gasteiger partial charge in [-0.3, -0.25) is 4.79 Å². The number of halogens is 3. The summed E-state index contributed by atoms with van der Waals surface area (Å²) in [5.41, 5.74) is 0.0710. The normalized spacial score (nSPS) is 17.0. The summed E-state index contributed by atoms with van der Waals surface area (Å²) in [6, 6.07) is 1.29. The van der Waals surface area contributed by atoms with E-state index < -0.39 is 12.0 Å². The summed E-state index contributed by atoms with van der Waals surface area (Å²) >= 11 is 0. The highest BCUT2D eigenvalue weighted by Crippen LogP contribution is 2.29. The lowest BCUT2D eigenvalue weighted by Gasteiger charge is -2.22. The van der Waals surface area contributed by atoms with Crippen molar-refractivity contribution in [2.45, 2.75) is 44.4 Å². The Morgan fingerprint density at radius 1 is 1.29 bits per heavy atom. The number of aliphatic hydroxyl groups is 1. The Morgan fingerprint density at radius 3 is 2.52 bits per heavy atom. The summed E-state index contributed by atoms with van der Waals surface area (Å²) in [7, 11) is 0. The first-order valence-corrected chi connectivity index (χ1v) is 6.63. The maximum absolute atomic E-state index is 12.7. The molecule has 0 radical (unpaired) electrons. The SMILES string of the molecule is O=C1CCC(Oc2cc(CCO)nc(C(F)(F)F)n2)CC1. The highest BCUT2D eigenvalue weighted by atomic mass is 19.4. The van der Waals surface area contributed by atoms with Crippen LogP contribution in [0.4, 0.5) is 13.2 Å². The minimum Gasteiger partial charge on any atom is -0.474 e. The Kier molecular flexibility index (Phi) is 4.76. The van der Waals surface area contributed by atoms with Crippen molar-refractivity contribution in [3.63, 3.8) is 0 Å². The topological polar surface area (TPSA) is 72.3 Å². The molecule has 21 heavy (non-hydrogen) atoms. The second kappa shape index (κ2) is 6.38. The molecule has 0 spiro atoms. The molecule has 2 rings (SSSR count). The van der Waals surface area contributed by atoms with Crippen LogP contribution in [0, 0.1) is 0 Å². The van der Waals surface area contributed by atoms with Crippen LogP contribution in [0.1, 0.15) is 37.2 Å². The molecule has 1 aromatic rings. The van der Waals surface area contributed by atoms with Gasteiger partial charge in [0.15, 0.2) is 0 Å². The summed E-state index contributed by atoms with van der Waals surface area (Å²) in [6.07, 6.45) is -3.33. The molecular formula is C13H15F3N2O3. The predicted molar refractivity (Wildman–Crippen MR) is 65.7 cm³/mol. The third kappa shape index (κ3) is 4.38. The first-order valence-electron chi connectivity index (χ1n) is 6.63. The molecule has 1 N–H and O–H groups in total. The second-order valence-electron chi connectivity index (χ2n) is 4.85. The van der Waals surface area contributed by atoms with Gasteiger partial charge >= 0.3 is 6.18 Å². The maximum atomic E-state index is 12.7. The molecular weight excluding hydrogens is 289 g/mol. The lowest BCUT2D eigenvalue weighted by Crippen LogP contribution is -2.25. The van der Waals surface area contributed by atoms with Crippen LogP contribution in [0.5, 0.6) is 5.88 Å². The van der Waals surface area contributed by atoms with Gasteiger partial charge in [-0.2, -0.15) is 18.2 Å². The first kappa shape index (κ1) is 15.7. The van der Waals surface area contributed by atoms with E-state index in [9.17, 15) is 18.0 Å². The van der Waals surface area contributed by atoms with Gasteiger partial charge in [0, 0.05) is 31.9 Å². The number of alkyl halides is 3. The first-order chi connectivity index (χ1) is 9.88. The monoisotopic (exact) mass is 304 g/mol. The van der Waals surface area contributed by atoms with Gasteiger partial charge in [0.1, 0.15) is 11.9 Å². The van der Waals surface area contributed by atoms with Crippen LogP contribution in [0.3, 0.4) is 0 Å². The molecule has 1 saturated carbocycles. The van der Waals surface area contributed by atoms with Crippen LogP contribution in [-0.4, -0.2) is 33.6 Å². The summed E-state index contributed by atoms with van der Waals surface area (Å²) in [5, 5.41) is 8.83. The summed E-state index contributed by atoms with van der Waals surface area (Å²) in [4.78, 5) is 17.9. The number of nitrogens with zero attached hydrogens (tertiary/aromatic N) is 2. The number of ether oxygens (including phenoxy) is 1. The number of ketones is 1. The number of carbonyl (C=O) groups is 1. The third-order valence-electron chi connectivity index (χ3n) is 3.15. The van der Waals surface area contributed by atoms with Crippen molar-refractivity contribution in [2.24, 2.45) is 0 Å². The highest BCUT2D eigenvalue weighted by Gasteiger charge is 2.36. The van der Waals surface area contributed by atoms with Gasteiger partial charge in [0.2, 0.25) is 11.7 Å². The quantitative estimate of drug-likeness (QED) is 0.920. The molecule has 0 aliphatic heterocycles. The van der Waals surface area contributed by atoms with E-state index in [1.165, 1.54) is 6.07 Å². The number of Topliss-reactive ketones (excluding diaryl/α,β-unsaturated/α-hetero) is 1. The van der Waals surface area contributed by atoms with Gasteiger partial charge in [-0.25, -0.2) is 4.98 Å². The molecule has 1 heterocycles. The van der Waals surface area contributed by atoms with Crippen molar-refractivity contribution in [2.75, 3.05) is 6.61 Å². The van der Waals surface area contributed by atoms with E-state index in [1.54, 1.807) is 0 Å². The van der Waals surface area contributed by atoms with Crippen molar-refractivity contribution in [1.29, 1.82) is 0 Å². The molecule has 5 nitrogen and oxygen atoms in total. The van der Waals surface area contributed by atoms with E-state index in [0.29, 0.717) is 25.7 Å². The zero-order chi connectivity index (χ0) is 15.5. The van der Waals surface area contributed by atoms with Gasteiger partial charge in [-0.15, -0.1) is 0 Å². The summed E-state index contributed by atoms with van der Waals surface area (Å²) < 4.78 is 43.6. The number of hydrogen-bond acceptors (Lipinski definition) is 5. The van der Waals surface area contributed by atoms with Crippen LogP contribution in [0.25, 0.3) is 0 Å². The van der Waals surface area contributed by atoms with E-state index >= 15 is 0 Å². The van der Waals surface area contributed by atoms with Gasteiger partial charge in [-0.1, -0.05) is 0 Å². The highest BCUT2D eigenvalue weighted by molar-refractivity contribution is 5.79. The van der Waals surface area contributed by atoms with Gasteiger partial charge in [0.25, 0.3) is 0 Å². The van der Waals surface area contributed by atoms with E-state index in [4.69, 9.17) is 9.84 Å². The molecule has 0 aromatic carbocycles. The Labute approximate surface area is 119 Å². The largest absolute Gasteiger partial charge is 0.474 e. The Morgan fingerprint density at radius 2 is 1.95 bits per heavy atom. The van der Waals surface area contributed by atoms with Crippen molar-refractivity contribution in [3.8, 4) is 5.88 Å². The lowest BCUT2D eigenvalue weighted by molar-refractivity contribution is -0.145. The minimum atomic E-state index is -4.67. The number of carbonyl (C=O) groups excluding carboxylic acids is 1. The molecule has 0 unspecified atom stereocenters. The van der Waals surface area contributed by atoms with E-state index in [2.05, 4.69) is 9.97 Å². The molecule has 1 aromatic heterocycles. The molecule has 1 fully saturated rings. The zero-order valence-electron chi connectivity index (χ0n) is 11.2. The van der Waals surface area contributed by atoms with Crippen molar-refractivity contribution in [3.05, 3.63) is 17.6 Å². The van der Waals surface area contributed by atoms with Crippen molar-refractivity contribution >= 4 is 5.78 Å². The minimum absolute atomic E-state index is 0.00882. The van der Waals surface area contributed by atoms with E-state index in [1.807, 2.05) is 0 Å². The lowest BCUT2D eigenvalue weighted by atomic mass is 9.96. The second-order valence-corrected chi connectivity index (χ2v) is 4.85. The number of rotatable bonds is 4. The molecule has 0 amide bonds. The van der Waals surface area contributed by atoms with Crippen molar-refractivity contribution < 1.29 is 27.8 Å². The van der Waals surface area contributed by atoms with Gasteiger partial charge in [0.05, 0.1) is 5.69 Å². The molecule has 1 aliphatic carbocycles. The number of hydrogen-bond donors (Lipinski definition) is 1. The van der Waals surface area contributed by atoms with Crippen LogP contribution in [0.15, 0.2) is 6.07 Å². The fourth-order valence-corrected chi connectivity index (χ4v) is 2.10. The smallest absolute Gasteiger partial charge is 0.451 e. The summed E-state index contributed by atoms with van der Waals surface area (Å²) in [6.45, 7) is -0.314. The molecule has 0 atom stereocenters. The Bertz CT molecular complexity index is 510. The van der Waals surface area contributed by atoms with Crippen molar-refractivity contribution in [1.82, 2.24) is 9.97 Å². The third-order valence-corrected chi connectivity index (χ3v) is 3.15. The average Bonchev–Trinajstić information content (AvgIpc) is 2.41. The van der Waals surface area contributed by atoms with Crippen LogP contribution < -0.4 is 4.74 Å². The zero-order valence-corrected chi connectivity index (χ0v) is 11.2. The number of aromatic nitrogens is 2. The number of aliphatic hydroxyl groups excluding tert-OH is 1. The van der Waals surface area contributed by atoms with Crippen LogP contribution in [0.2, 0.25) is 0 Å². The fourth-order valence-electron chi connectivity index (χ4n) is 2.10. The summed E-state index contributed by atoms with van der Waals surface area (Å²) in [5.74, 6) is -1.31. The molecule has 116 valence electrons. The predicted octanol–water partition coefficient (Wildman–Crippen LogP) is 1.92. The average molecular weight is 304 g/mol. The standard InChI is InChI=1S/C13H15F3N2O3/c14-13(15,16)12-17-8(5-6-19)7-11(18-12)21-10-3-1-9(20)2-4-10/h7,10,19H,1-6H2. The molecule has 1 aliphatic rings. The molecule has 8 heteroatoms. The van der Waals surface area contributed by atoms with E-state index in [-0.39, 0.29) is 36.5 Å². The van der Waals surface area contributed by atoms with Gasteiger partial charge < -0.3 is 9.84 Å². The fraction of sp³-hybridized carbons (Fsp3) is 0.615. The molecule has 0 bridgehead atoms. The van der Waals surface area contributed by atoms with Crippen LogP contribution >= 0.6 is 0 Å². The Balaban J connectivity index is 2.17. The molecule has 0 saturated heterocycles. The Hall–Kier alpha value is -1.70.